The zero-order valence-corrected chi connectivity index (χ0v) is 16.8. The smallest absolute Gasteiger partial charge is 0.254 e. The lowest BCUT2D eigenvalue weighted by Gasteiger charge is -2.37. The Morgan fingerprint density at radius 3 is 2.29 bits per heavy atom. The molecule has 5 nitrogen and oxygen atoms in total. The number of sulfone groups is 1. The monoisotopic (exact) mass is 398 g/mol. The van der Waals surface area contributed by atoms with Crippen LogP contribution in [0.1, 0.15) is 27.9 Å². The van der Waals surface area contributed by atoms with Crippen LogP contribution in [-0.4, -0.2) is 67.9 Å². The van der Waals surface area contributed by atoms with E-state index in [9.17, 15) is 13.2 Å². The van der Waals surface area contributed by atoms with Gasteiger partial charge in [0, 0.05) is 37.8 Å². The number of carbonyl (C=O) groups is 1. The van der Waals surface area contributed by atoms with Gasteiger partial charge in [-0.1, -0.05) is 48.5 Å². The van der Waals surface area contributed by atoms with E-state index in [4.69, 9.17) is 0 Å². The number of piperazine rings is 1. The third-order valence-corrected chi connectivity index (χ3v) is 7.56. The molecule has 1 amide bonds. The Labute approximate surface area is 166 Å². The third-order valence-electron chi connectivity index (χ3n) is 5.81. The van der Waals surface area contributed by atoms with Crippen LogP contribution >= 0.6 is 0 Å². The van der Waals surface area contributed by atoms with Gasteiger partial charge in [-0.25, -0.2) is 8.42 Å². The first-order valence-corrected chi connectivity index (χ1v) is 11.7. The number of rotatable bonds is 4. The molecule has 28 heavy (non-hydrogen) atoms. The van der Waals surface area contributed by atoms with Crippen molar-refractivity contribution in [1.29, 1.82) is 0 Å². The maximum absolute atomic E-state index is 13.2. The summed E-state index contributed by atoms with van der Waals surface area (Å²) < 4.78 is 23.5. The van der Waals surface area contributed by atoms with E-state index in [1.165, 1.54) is 5.56 Å². The zero-order chi connectivity index (χ0) is 19.6. The topological polar surface area (TPSA) is 57.7 Å². The molecular weight excluding hydrogens is 372 g/mol. The average molecular weight is 399 g/mol. The summed E-state index contributed by atoms with van der Waals surface area (Å²) in [6, 6.07) is 18.1. The third kappa shape index (κ3) is 4.28. The largest absolute Gasteiger partial charge is 0.336 e. The van der Waals surface area contributed by atoms with Crippen molar-refractivity contribution in [3.63, 3.8) is 0 Å². The quantitative estimate of drug-likeness (QED) is 0.793. The molecule has 0 N–H and O–H groups in total. The van der Waals surface area contributed by atoms with Gasteiger partial charge in [-0.05, 0) is 30.0 Å². The van der Waals surface area contributed by atoms with Crippen molar-refractivity contribution in [3.8, 4) is 0 Å². The Morgan fingerprint density at radius 2 is 1.61 bits per heavy atom. The Morgan fingerprint density at radius 1 is 0.929 bits per heavy atom. The summed E-state index contributed by atoms with van der Waals surface area (Å²) in [6.07, 6.45) is 1.46. The Kier molecular flexibility index (Phi) is 5.51. The molecule has 0 spiro atoms. The predicted molar refractivity (Wildman–Crippen MR) is 110 cm³/mol. The number of benzene rings is 2. The van der Waals surface area contributed by atoms with Crippen molar-refractivity contribution >= 4 is 15.7 Å². The highest BCUT2D eigenvalue weighted by atomic mass is 32.2. The summed E-state index contributed by atoms with van der Waals surface area (Å²) in [4.78, 5) is 17.3. The maximum Gasteiger partial charge on any atom is 0.254 e. The van der Waals surface area contributed by atoms with Crippen LogP contribution in [0.5, 0.6) is 0 Å². The van der Waals surface area contributed by atoms with Crippen LogP contribution in [0.3, 0.4) is 0 Å². The first-order chi connectivity index (χ1) is 13.5. The molecule has 2 heterocycles. The molecule has 148 valence electrons. The van der Waals surface area contributed by atoms with Crippen LogP contribution < -0.4 is 0 Å². The van der Waals surface area contributed by atoms with E-state index in [-0.39, 0.29) is 17.7 Å². The second-order valence-corrected chi connectivity index (χ2v) is 9.93. The van der Waals surface area contributed by atoms with E-state index >= 15 is 0 Å². The van der Waals surface area contributed by atoms with Crippen LogP contribution in [0.2, 0.25) is 0 Å². The lowest BCUT2D eigenvalue weighted by atomic mass is 9.98. The fourth-order valence-corrected chi connectivity index (χ4v) is 5.98. The first-order valence-electron chi connectivity index (χ1n) is 9.87. The van der Waals surface area contributed by atoms with Gasteiger partial charge in [-0.3, -0.25) is 9.69 Å². The SMILES string of the molecule is O=C(c1ccccc1Cc1ccccc1)N1CCN(C2CCS(=O)(=O)C2)CC1. The summed E-state index contributed by atoms with van der Waals surface area (Å²) in [5.74, 6) is 0.634. The highest BCUT2D eigenvalue weighted by molar-refractivity contribution is 7.91. The zero-order valence-electron chi connectivity index (χ0n) is 16.0. The number of hydrogen-bond donors (Lipinski definition) is 0. The van der Waals surface area contributed by atoms with Crippen molar-refractivity contribution in [2.24, 2.45) is 0 Å². The molecule has 2 aliphatic heterocycles. The van der Waals surface area contributed by atoms with Crippen LogP contribution in [0.15, 0.2) is 54.6 Å². The van der Waals surface area contributed by atoms with Gasteiger partial charge in [-0.15, -0.1) is 0 Å². The molecule has 4 rings (SSSR count). The summed E-state index contributed by atoms with van der Waals surface area (Å²) in [5.41, 5.74) is 3.00. The Bertz CT molecular complexity index is 935. The fraction of sp³-hybridized carbons (Fsp3) is 0.409. The second-order valence-electron chi connectivity index (χ2n) is 7.70. The van der Waals surface area contributed by atoms with E-state index in [2.05, 4.69) is 17.0 Å². The molecule has 6 heteroatoms. The number of nitrogens with zero attached hydrogens (tertiary/aromatic N) is 2. The van der Waals surface area contributed by atoms with Gasteiger partial charge in [0.2, 0.25) is 0 Å². The molecule has 1 unspecified atom stereocenters. The predicted octanol–water partition coefficient (Wildman–Crippen LogP) is 2.22. The molecule has 0 bridgehead atoms. The summed E-state index contributed by atoms with van der Waals surface area (Å²) in [7, 11) is -2.88. The van der Waals surface area contributed by atoms with Crippen molar-refractivity contribution in [2.75, 3.05) is 37.7 Å². The van der Waals surface area contributed by atoms with E-state index in [0.29, 0.717) is 18.8 Å². The van der Waals surface area contributed by atoms with Crippen LogP contribution in [-0.2, 0) is 16.3 Å². The van der Waals surface area contributed by atoms with Crippen LogP contribution in [0, 0.1) is 0 Å². The number of hydrogen-bond acceptors (Lipinski definition) is 4. The van der Waals surface area contributed by atoms with Crippen molar-refractivity contribution < 1.29 is 13.2 Å². The minimum absolute atomic E-state index is 0.0743. The molecule has 2 fully saturated rings. The van der Waals surface area contributed by atoms with Gasteiger partial charge in [0.15, 0.2) is 9.84 Å². The molecule has 2 saturated heterocycles. The summed E-state index contributed by atoms with van der Waals surface area (Å²) >= 11 is 0. The average Bonchev–Trinajstić information content (AvgIpc) is 3.09. The van der Waals surface area contributed by atoms with Gasteiger partial charge in [0.05, 0.1) is 11.5 Å². The minimum atomic E-state index is -2.88. The molecule has 2 aromatic rings. The Hall–Kier alpha value is -2.18. The Balaban J connectivity index is 1.42. The van der Waals surface area contributed by atoms with Gasteiger partial charge >= 0.3 is 0 Å². The van der Waals surface area contributed by atoms with Crippen molar-refractivity contribution in [1.82, 2.24) is 9.80 Å². The van der Waals surface area contributed by atoms with E-state index < -0.39 is 9.84 Å². The highest BCUT2D eigenvalue weighted by Crippen LogP contribution is 2.21. The maximum atomic E-state index is 13.2. The molecule has 0 radical (unpaired) electrons. The van der Waals surface area contributed by atoms with E-state index in [1.807, 2.05) is 47.4 Å². The second kappa shape index (κ2) is 8.05. The lowest BCUT2D eigenvalue weighted by molar-refractivity contribution is 0.0587. The lowest BCUT2D eigenvalue weighted by Crippen LogP contribution is -2.52. The number of carbonyl (C=O) groups excluding carboxylic acids is 1. The summed E-state index contributed by atoms with van der Waals surface area (Å²) in [6.45, 7) is 2.78. The minimum Gasteiger partial charge on any atom is -0.336 e. The van der Waals surface area contributed by atoms with Crippen molar-refractivity contribution in [3.05, 3.63) is 71.3 Å². The summed E-state index contributed by atoms with van der Waals surface area (Å²) in [5, 5.41) is 0. The molecule has 2 aliphatic rings. The molecule has 0 aliphatic carbocycles. The number of amides is 1. The van der Waals surface area contributed by atoms with Gasteiger partial charge in [-0.2, -0.15) is 0 Å². The van der Waals surface area contributed by atoms with Gasteiger partial charge in [0.25, 0.3) is 5.91 Å². The van der Waals surface area contributed by atoms with Crippen LogP contribution in [0.4, 0.5) is 0 Å². The van der Waals surface area contributed by atoms with Gasteiger partial charge in [0.1, 0.15) is 0 Å². The molecule has 0 saturated carbocycles. The highest BCUT2D eigenvalue weighted by Gasteiger charge is 2.34. The van der Waals surface area contributed by atoms with Crippen LogP contribution in [0.25, 0.3) is 0 Å². The standard InChI is InChI=1S/C22H26N2O3S/c25-22(21-9-5-4-8-19(21)16-18-6-2-1-3-7-18)24-13-11-23(12-14-24)20-10-15-28(26,27)17-20/h1-9,20H,10-17H2. The fourth-order valence-electron chi connectivity index (χ4n) is 4.22. The molecule has 1 atom stereocenters. The normalized spacial score (nSPS) is 22.3. The van der Waals surface area contributed by atoms with Crippen molar-refractivity contribution in [2.45, 2.75) is 18.9 Å². The first kappa shape index (κ1) is 19.2. The van der Waals surface area contributed by atoms with Gasteiger partial charge < -0.3 is 4.90 Å². The van der Waals surface area contributed by atoms with E-state index in [0.717, 1.165) is 37.1 Å². The van der Waals surface area contributed by atoms with E-state index in [1.54, 1.807) is 0 Å². The molecule has 2 aromatic carbocycles. The molecular formula is C22H26N2O3S. The molecule has 0 aromatic heterocycles.